The molecule has 3 aromatic rings. The molecule has 7 heteroatoms. The van der Waals surface area contributed by atoms with Gasteiger partial charge in [0, 0.05) is 29.9 Å². The molecule has 0 bridgehead atoms. The summed E-state index contributed by atoms with van der Waals surface area (Å²) in [5, 5.41) is 11.5. The molecule has 31 heavy (non-hydrogen) atoms. The highest BCUT2D eigenvalue weighted by Gasteiger charge is 2.12. The maximum absolute atomic E-state index is 5.43. The highest BCUT2D eigenvalue weighted by molar-refractivity contribution is 14.0. The minimum absolute atomic E-state index is 0. The summed E-state index contributed by atoms with van der Waals surface area (Å²) in [4.78, 5) is 4.73. The van der Waals surface area contributed by atoms with Crippen LogP contribution in [0, 0.1) is 13.8 Å². The Morgan fingerprint density at radius 1 is 1.03 bits per heavy atom. The summed E-state index contributed by atoms with van der Waals surface area (Å²) in [6, 6.07) is 18.4. The van der Waals surface area contributed by atoms with E-state index < -0.39 is 0 Å². The second-order valence-corrected chi connectivity index (χ2v) is 7.15. The van der Waals surface area contributed by atoms with Gasteiger partial charge in [0.1, 0.15) is 5.75 Å². The van der Waals surface area contributed by atoms with Crippen molar-refractivity contribution in [2.45, 2.75) is 40.4 Å². The summed E-state index contributed by atoms with van der Waals surface area (Å²) in [5.74, 6) is 1.63. The number of hydrogen-bond donors (Lipinski definition) is 2. The van der Waals surface area contributed by atoms with Gasteiger partial charge in [-0.1, -0.05) is 48.5 Å². The lowest BCUT2D eigenvalue weighted by molar-refractivity contribution is 0.410. The van der Waals surface area contributed by atoms with Crippen molar-refractivity contribution in [2.75, 3.05) is 13.7 Å². The highest BCUT2D eigenvalue weighted by atomic mass is 127. The number of aryl methyl sites for hydroxylation is 1. The molecule has 0 saturated heterocycles. The van der Waals surface area contributed by atoms with Gasteiger partial charge >= 0.3 is 0 Å². The summed E-state index contributed by atoms with van der Waals surface area (Å²) in [7, 11) is 1.69. The Morgan fingerprint density at radius 3 is 2.45 bits per heavy atom. The van der Waals surface area contributed by atoms with Crippen molar-refractivity contribution >= 4 is 29.9 Å². The van der Waals surface area contributed by atoms with Crippen LogP contribution in [0.3, 0.4) is 0 Å². The van der Waals surface area contributed by atoms with Crippen molar-refractivity contribution in [1.29, 1.82) is 0 Å². The normalized spacial score (nSPS) is 11.0. The lowest BCUT2D eigenvalue weighted by Gasteiger charge is -2.13. The van der Waals surface area contributed by atoms with Crippen LogP contribution in [-0.4, -0.2) is 29.4 Å². The Labute approximate surface area is 202 Å². The minimum Gasteiger partial charge on any atom is -0.496 e. The summed E-state index contributed by atoms with van der Waals surface area (Å²) in [6.07, 6.45) is 0. The largest absolute Gasteiger partial charge is 0.496 e. The average Bonchev–Trinajstić information content (AvgIpc) is 3.03. The molecular formula is C24H32IN5O. The molecule has 166 valence electrons. The van der Waals surface area contributed by atoms with Crippen molar-refractivity contribution in [2.24, 2.45) is 4.99 Å². The second kappa shape index (κ2) is 12.3. The number of hydrogen-bond acceptors (Lipinski definition) is 3. The van der Waals surface area contributed by atoms with Crippen LogP contribution in [0.25, 0.3) is 0 Å². The maximum atomic E-state index is 5.43. The monoisotopic (exact) mass is 533 g/mol. The van der Waals surface area contributed by atoms with Gasteiger partial charge < -0.3 is 15.4 Å². The van der Waals surface area contributed by atoms with Gasteiger partial charge in [-0.15, -0.1) is 24.0 Å². The first-order valence-corrected chi connectivity index (χ1v) is 10.3. The van der Waals surface area contributed by atoms with E-state index in [0.717, 1.165) is 36.1 Å². The lowest BCUT2D eigenvalue weighted by Crippen LogP contribution is -2.37. The van der Waals surface area contributed by atoms with Gasteiger partial charge in [-0.25, -0.2) is 4.99 Å². The van der Waals surface area contributed by atoms with Crippen molar-refractivity contribution in [1.82, 2.24) is 20.4 Å². The second-order valence-electron chi connectivity index (χ2n) is 7.15. The van der Waals surface area contributed by atoms with Gasteiger partial charge in [-0.05, 0) is 32.4 Å². The van der Waals surface area contributed by atoms with E-state index in [2.05, 4.69) is 60.4 Å². The van der Waals surface area contributed by atoms with Crippen LogP contribution in [0.5, 0.6) is 5.75 Å². The third kappa shape index (κ3) is 6.72. The number of guanidine groups is 1. The van der Waals surface area contributed by atoms with Crippen LogP contribution in [0.15, 0.2) is 59.6 Å². The fourth-order valence-electron chi connectivity index (χ4n) is 3.41. The Morgan fingerprint density at radius 2 is 1.74 bits per heavy atom. The van der Waals surface area contributed by atoms with Gasteiger partial charge in [0.15, 0.2) is 5.96 Å². The molecule has 2 N–H and O–H groups in total. The Hall–Kier alpha value is -2.55. The zero-order chi connectivity index (χ0) is 21.3. The minimum atomic E-state index is 0. The van der Waals surface area contributed by atoms with Crippen LogP contribution in [0.4, 0.5) is 0 Å². The number of nitrogens with one attached hydrogen (secondary N) is 2. The molecule has 0 atom stereocenters. The molecule has 0 fully saturated rings. The number of benzene rings is 2. The van der Waals surface area contributed by atoms with Crippen LogP contribution < -0.4 is 15.4 Å². The fraction of sp³-hybridized carbons (Fsp3) is 0.333. The number of aromatic nitrogens is 2. The first-order chi connectivity index (χ1) is 14.6. The third-order valence-electron chi connectivity index (χ3n) is 5.08. The number of para-hydroxylation sites is 1. The van der Waals surface area contributed by atoms with Gasteiger partial charge in [0.25, 0.3) is 0 Å². The van der Waals surface area contributed by atoms with Crippen molar-refractivity contribution < 1.29 is 4.74 Å². The molecular weight excluding hydrogens is 501 g/mol. The number of ether oxygens (including phenoxy) is 1. The van der Waals surface area contributed by atoms with E-state index >= 15 is 0 Å². The summed E-state index contributed by atoms with van der Waals surface area (Å²) < 4.78 is 7.50. The van der Waals surface area contributed by atoms with Crippen molar-refractivity contribution in [3.05, 3.63) is 82.7 Å². The van der Waals surface area contributed by atoms with E-state index in [9.17, 15) is 0 Å². The number of aliphatic imine (C=N–C) groups is 1. The highest BCUT2D eigenvalue weighted by Crippen LogP contribution is 2.18. The average molecular weight is 533 g/mol. The Kier molecular flexibility index (Phi) is 9.84. The quantitative estimate of drug-likeness (QED) is 0.256. The molecule has 0 unspecified atom stereocenters. The van der Waals surface area contributed by atoms with E-state index in [4.69, 9.17) is 14.8 Å². The predicted molar refractivity (Wildman–Crippen MR) is 137 cm³/mol. The maximum Gasteiger partial charge on any atom is 0.191 e. The van der Waals surface area contributed by atoms with E-state index in [1.54, 1.807) is 7.11 Å². The molecule has 6 nitrogen and oxygen atoms in total. The van der Waals surface area contributed by atoms with Crippen LogP contribution in [-0.2, 0) is 19.6 Å². The van der Waals surface area contributed by atoms with Gasteiger partial charge in [0.05, 0.1) is 25.9 Å². The Balaban J connectivity index is 0.00000341. The molecule has 2 aromatic carbocycles. The first-order valence-electron chi connectivity index (χ1n) is 10.3. The zero-order valence-corrected chi connectivity index (χ0v) is 21.0. The molecule has 0 aliphatic heterocycles. The van der Waals surface area contributed by atoms with Crippen LogP contribution in [0.2, 0.25) is 0 Å². The molecule has 0 aliphatic carbocycles. The van der Waals surface area contributed by atoms with Gasteiger partial charge in [-0.2, -0.15) is 5.10 Å². The standard InChI is InChI=1S/C24H31N5O.HI/c1-5-25-24(26-15-21-13-9-10-14-23(21)30-4)27-16-22-18(2)28-29(19(22)3)17-20-11-7-6-8-12-20;/h6-14H,5,15-17H2,1-4H3,(H2,25,26,27);1H. The summed E-state index contributed by atoms with van der Waals surface area (Å²) in [5.41, 5.74) is 5.71. The smallest absolute Gasteiger partial charge is 0.191 e. The molecule has 1 heterocycles. The van der Waals surface area contributed by atoms with E-state index in [1.807, 2.05) is 30.3 Å². The first kappa shape index (κ1) is 24.7. The molecule has 0 radical (unpaired) electrons. The fourth-order valence-corrected chi connectivity index (χ4v) is 3.41. The number of rotatable bonds is 8. The third-order valence-corrected chi connectivity index (χ3v) is 5.08. The molecule has 3 rings (SSSR count). The predicted octanol–water partition coefficient (Wildman–Crippen LogP) is 4.43. The van der Waals surface area contributed by atoms with E-state index in [1.165, 1.54) is 16.8 Å². The topological polar surface area (TPSA) is 63.5 Å². The Bertz CT molecular complexity index is 985. The molecule has 0 amide bonds. The number of halogens is 1. The molecule has 1 aromatic heterocycles. The SMILES string of the molecule is CCNC(=NCc1ccccc1OC)NCc1c(C)nn(Cc2ccccc2)c1C.I. The van der Waals surface area contributed by atoms with Crippen LogP contribution >= 0.6 is 24.0 Å². The number of methoxy groups -OCH3 is 1. The summed E-state index contributed by atoms with van der Waals surface area (Å²) >= 11 is 0. The van der Waals surface area contributed by atoms with Crippen molar-refractivity contribution in [3.8, 4) is 5.75 Å². The lowest BCUT2D eigenvalue weighted by atomic mass is 10.2. The van der Waals surface area contributed by atoms with E-state index in [-0.39, 0.29) is 24.0 Å². The number of nitrogens with zero attached hydrogens (tertiary/aromatic N) is 3. The summed E-state index contributed by atoms with van der Waals surface area (Å²) in [6.45, 7) is 9.03. The molecule has 0 saturated carbocycles. The molecule has 0 spiro atoms. The van der Waals surface area contributed by atoms with Crippen LogP contribution in [0.1, 0.15) is 35.0 Å². The van der Waals surface area contributed by atoms with E-state index in [0.29, 0.717) is 13.1 Å². The zero-order valence-electron chi connectivity index (χ0n) is 18.7. The van der Waals surface area contributed by atoms with Gasteiger partial charge in [-0.3, -0.25) is 4.68 Å². The van der Waals surface area contributed by atoms with Gasteiger partial charge in [0.2, 0.25) is 0 Å². The van der Waals surface area contributed by atoms with Crippen molar-refractivity contribution in [3.63, 3.8) is 0 Å². The molecule has 0 aliphatic rings.